The minimum atomic E-state index is -0.895. The first-order valence-electron chi connectivity index (χ1n) is 7.87. The van der Waals surface area contributed by atoms with Gasteiger partial charge >= 0.3 is 5.97 Å². The van der Waals surface area contributed by atoms with Crippen LogP contribution < -0.4 is 5.32 Å². The van der Waals surface area contributed by atoms with Crippen LogP contribution in [0.15, 0.2) is 48.5 Å². The van der Waals surface area contributed by atoms with E-state index in [4.69, 9.17) is 16.3 Å². The Hall–Kier alpha value is -2.86. The topological polar surface area (TPSA) is 71.2 Å². The van der Waals surface area contributed by atoms with Crippen molar-refractivity contribution in [3.8, 4) is 0 Å². The molecule has 2 aromatic carbocycles. The molecule has 26 heavy (non-hydrogen) atoms. The molecule has 1 heterocycles. The number of carbonyl (C=O) groups excluding carboxylic acids is 2. The molecule has 5 nitrogen and oxygen atoms in total. The van der Waals surface area contributed by atoms with Crippen molar-refractivity contribution in [1.82, 2.24) is 10.3 Å². The predicted octanol–water partition coefficient (Wildman–Crippen LogP) is 3.47. The Bertz CT molecular complexity index is 953. The van der Waals surface area contributed by atoms with Crippen molar-refractivity contribution in [2.45, 2.75) is 12.5 Å². The highest BCUT2D eigenvalue weighted by Gasteiger charge is 2.23. The van der Waals surface area contributed by atoms with E-state index in [2.05, 4.69) is 10.3 Å². The van der Waals surface area contributed by atoms with Crippen LogP contribution in [0.2, 0.25) is 5.02 Å². The minimum absolute atomic E-state index is 0.185. The largest absolute Gasteiger partial charge is 0.467 e. The molecule has 0 fully saturated rings. The Labute approximate surface area is 154 Å². The first-order chi connectivity index (χ1) is 12.5. The molecule has 0 unspecified atom stereocenters. The molecule has 0 bridgehead atoms. The first kappa shape index (κ1) is 17.9. The highest BCUT2D eigenvalue weighted by atomic mass is 35.5. The maximum Gasteiger partial charge on any atom is 0.328 e. The van der Waals surface area contributed by atoms with Gasteiger partial charge in [-0.15, -0.1) is 0 Å². The number of methoxy groups -OCH3 is 1. The van der Waals surface area contributed by atoms with E-state index in [1.807, 2.05) is 0 Å². The molecular weight excluding hydrogens is 359 g/mol. The highest BCUT2D eigenvalue weighted by Crippen LogP contribution is 2.20. The Morgan fingerprint density at radius 3 is 2.62 bits per heavy atom. The second kappa shape index (κ2) is 7.58. The Morgan fingerprint density at radius 2 is 1.92 bits per heavy atom. The number of amides is 1. The molecule has 7 heteroatoms. The quantitative estimate of drug-likeness (QED) is 0.672. The number of aromatic amines is 1. The van der Waals surface area contributed by atoms with Crippen molar-refractivity contribution in [3.63, 3.8) is 0 Å². The predicted molar refractivity (Wildman–Crippen MR) is 96.7 cm³/mol. The van der Waals surface area contributed by atoms with Gasteiger partial charge in [0.1, 0.15) is 17.6 Å². The fraction of sp³-hybridized carbons (Fsp3) is 0.158. The van der Waals surface area contributed by atoms with Crippen molar-refractivity contribution < 1.29 is 18.7 Å². The molecule has 3 rings (SSSR count). The maximum absolute atomic E-state index is 13.0. The molecule has 0 aliphatic rings. The average Bonchev–Trinajstić information content (AvgIpc) is 3.05. The van der Waals surface area contributed by atoms with Crippen LogP contribution in [0.5, 0.6) is 0 Å². The summed E-state index contributed by atoms with van der Waals surface area (Å²) in [7, 11) is 1.25. The van der Waals surface area contributed by atoms with Crippen LogP contribution in [-0.4, -0.2) is 30.0 Å². The van der Waals surface area contributed by atoms with Gasteiger partial charge in [0.25, 0.3) is 5.91 Å². The number of hydrogen-bond acceptors (Lipinski definition) is 3. The summed E-state index contributed by atoms with van der Waals surface area (Å²) in [5, 5.41) is 4.00. The molecule has 0 radical (unpaired) electrons. The molecule has 0 saturated carbocycles. The lowest BCUT2D eigenvalue weighted by Crippen LogP contribution is -2.43. The van der Waals surface area contributed by atoms with E-state index in [1.165, 1.54) is 19.2 Å². The number of aromatic nitrogens is 1. The number of carbonyl (C=O) groups is 2. The minimum Gasteiger partial charge on any atom is -0.467 e. The smallest absolute Gasteiger partial charge is 0.328 e. The number of benzene rings is 2. The zero-order valence-corrected chi connectivity index (χ0v) is 14.6. The summed E-state index contributed by atoms with van der Waals surface area (Å²) in [6.45, 7) is 0. The number of rotatable bonds is 5. The summed E-state index contributed by atoms with van der Waals surface area (Å²) in [5.41, 5.74) is 1.76. The lowest BCUT2D eigenvalue weighted by Gasteiger charge is -2.16. The third kappa shape index (κ3) is 4.03. The maximum atomic E-state index is 13.0. The van der Waals surface area contributed by atoms with Crippen molar-refractivity contribution in [2.24, 2.45) is 0 Å². The fourth-order valence-electron chi connectivity index (χ4n) is 2.65. The lowest BCUT2D eigenvalue weighted by atomic mass is 10.1. The molecular formula is C19H16ClFN2O3. The number of hydrogen-bond donors (Lipinski definition) is 2. The zero-order valence-electron chi connectivity index (χ0n) is 13.9. The highest BCUT2D eigenvalue weighted by molar-refractivity contribution is 6.31. The monoisotopic (exact) mass is 374 g/mol. The van der Waals surface area contributed by atoms with Crippen LogP contribution in [0.3, 0.4) is 0 Å². The normalized spacial score (nSPS) is 12.0. The summed E-state index contributed by atoms with van der Waals surface area (Å²) in [5.74, 6) is -1.40. The van der Waals surface area contributed by atoms with Crippen LogP contribution in [0.1, 0.15) is 16.1 Å². The van der Waals surface area contributed by atoms with E-state index < -0.39 is 17.9 Å². The van der Waals surface area contributed by atoms with Crippen LogP contribution in [0.25, 0.3) is 10.9 Å². The Kier molecular flexibility index (Phi) is 5.23. The third-order valence-corrected chi connectivity index (χ3v) is 4.21. The second-order valence-corrected chi connectivity index (χ2v) is 6.23. The van der Waals surface area contributed by atoms with E-state index >= 15 is 0 Å². The number of H-pyrrole nitrogens is 1. The van der Waals surface area contributed by atoms with Crippen molar-refractivity contribution in [1.29, 1.82) is 0 Å². The van der Waals surface area contributed by atoms with Crippen molar-refractivity contribution in [3.05, 3.63) is 70.6 Å². The summed E-state index contributed by atoms with van der Waals surface area (Å²) in [6, 6.07) is 11.7. The van der Waals surface area contributed by atoms with Gasteiger partial charge < -0.3 is 15.0 Å². The third-order valence-electron chi connectivity index (χ3n) is 3.97. The van der Waals surface area contributed by atoms with Crippen molar-refractivity contribution in [2.75, 3.05) is 7.11 Å². The number of ether oxygens (including phenoxy) is 1. The van der Waals surface area contributed by atoms with Crippen LogP contribution >= 0.6 is 11.6 Å². The van der Waals surface area contributed by atoms with Crippen LogP contribution in [0, 0.1) is 5.82 Å². The number of nitrogens with one attached hydrogen (secondary N) is 2. The Balaban J connectivity index is 1.79. The molecule has 3 aromatic rings. The van der Waals surface area contributed by atoms with Gasteiger partial charge in [-0.25, -0.2) is 9.18 Å². The molecule has 0 saturated heterocycles. The Morgan fingerprint density at radius 1 is 1.19 bits per heavy atom. The van der Waals surface area contributed by atoms with Gasteiger partial charge in [0.05, 0.1) is 7.11 Å². The summed E-state index contributed by atoms with van der Waals surface area (Å²) < 4.78 is 17.8. The van der Waals surface area contributed by atoms with E-state index in [0.717, 1.165) is 10.9 Å². The standard InChI is InChI=1S/C19H16ClFN2O3/c1-26-19(25)17(8-11-2-5-14(21)6-3-11)23-18(24)16-10-12-9-13(20)4-7-15(12)22-16/h2-7,9-10,17,22H,8H2,1H3,(H,23,24)/t17-/m0/s1. The van der Waals surface area contributed by atoms with E-state index in [0.29, 0.717) is 16.3 Å². The van der Waals surface area contributed by atoms with Crippen molar-refractivity contribution >= 4 is 34.4 Å². The van der Waals surface area contributed by atoms with Crippen LogP contribution in [0.4, 0.5) is 4.39 Å². The van der Waals surface area contributed by atoms with Gasteiger partial charge in [0, 0.05) is 22.3 Å². The molecule has 1 atom stereocenters. The van der Waals surface area contributed by atoms with Gasteiger partial charge in [-0.05, 0) is 42.0 Å². The average molecular weight is 375 g/mol. The van der Waals surface area contributed by atoms with Gasteiger partial charge in [-0.1, -0.05) is 23.7 Å². The molecule has 1 amide bonds. The SMILES string of the molecule is COC(=O)[C@H](Cc1ccc(F)cc1)NC(=O)c1cc2cc(Cl)ccc2[nH]1. The van der Waals surface area contributed by atoms with Gasteiger partial charge in [-0.3, -0.25) is 4.79 Å². The first-order valence-corrected chi connectivity index (χ1v) is 8.25. The number of esters is 1. The summed E-state index contributed by atoms with van der Waals surface area (Å²) in [4.78, 5) is 27.5. The molecule has 0 aliphatic carbocycles. The number of halogens is 2. The van der Waals surface area contributed by atoms with Gasteiger partial charge in [0.2, 0.25) is 0 Å². The molecule has 0 aliphatic heterocycles. The molecule has 0 spiro atoms. The van der Waals surface area contributed by atoms with E-state index in [9.17, 15) is 14.0 Å². The molecule has 2 N–H and O–H groups in total. The summed E-state index contributed by atoms with van der Waals surface area (Å²) in [6.07, 6.45) is 0.185. The van der Waals surface area contributed by atoms with E-state index in [1.54, 1.807) is 36.4 Å². The summed E-state index contributed by atoms with van der Waals surface area (Å²) >= 11 is 5.95. The lowest BCUT2D eigenvalue weighted by molar-refractivity contribution is -0.142. The second-order valence-electron chi connectivity index (χ2n) is 5.79. The van der Waals surface area contributed by atoms with E-state index in [-0.39, 0.29) is 12.2 Å². The number of fused-ring (bicyclic) bond motifs is 1. The van der Waals surface area contributed by atoms with Crippen LogP contribution in [-0.2, 0) is 16.0 Å². The molecule has 1 aromatic heterocycles. The van der Waals surface area contributed by atoms with Gasteiger partial charge in [-0.2, -0.15) is 0 Å². The fourth-order valence-corrected chi connectivity index (χ4v) is 2.83. The zero-order chi connectivity index (χ0) is 18.7. The van der Waals surface area contributed by atoms with Gasteiger partial charge in [0.15, 0.2) is 0 Å². The molecule has 134 valence electrons.